The summed E-state index contributed by atoms with van der Waals surface area (Å²) < 4.78 is 13.3. The minimum absolute atomic E-state index is 0.0349. The Labute approximate surface area is 196 Å². The van der Waals surface area contributed by atoms with E-state index in [9.17, 15) is 14.0 Å². The predicted octanol–water partition coefficient (Wildman–Crippen LogP) is 5.22. The zero-order valence-electron chi connectivity index (χ0n) is 17.7. The van der Waals surface area contributed by atoms with Crippen molar-refractivity contribution in [2.24, 2.45) is 0 Å². The van der Waals surface area contributed by atoms with Gasteiger partial charge in [0.15, 0.2) is 0 Å². The lowest BCUT2D eigenvalue weighted by Gasteiger charge is -2.27. The fourth-order valence-electron chi connectivity index (χ4n) is 3.06. The highest BCUT2D eigenvalue weighted by Crippen LogP contribution is 2.18. The first-order valence-corrected chi connectivity index (χ1v) is 12.0. The van der Waals surface area contributed by atoms with Crippen LogP contribution in [0.4, 0.5) is 4.39 Å². The molecule has 0 bridgehead atoms. The van der Waals surface area contributed by atoms with Crippen LogP contribution in [-0.4, -0.2) is 40.5 Å². The van der Waals surface area contributed by atoms with Gasteiger partial charge in [0.25, 0.3) is 0 Å². The van der Waals surface area contributed by atoms with E-state index in [2.05, 4.69) is 6.58 Å². The number of hydrogen-bond acceptors (Lipinski definition) is 4. The third kappa shape index (κ3) is 7.35. The molecule has 0 fully saturated rings. The largest absolute Gasteiger partial charge is 0.332 e. The van der Waals surface area contributed by atoms with Crippen molar-refractivity contribution < 1.29 is 14.0 Å². The molecule has 0 N–H and O–H groups in total. The van der Waals surface area contributed by atoms with E-state index in [1.54, 1.807) is 34.4 Å². The smallest absolute Gasteiger partial charge is 0.242 e. The molecule has 0 saturated heterocycles. The van der Waals surface area contributed by atoms with Crippen molar-refractivity contribution in [3.05, 3.63) is 101 Å². The maximum atomic E-state index is 13.3. The van der Waals surface area contributed by atoms with Gasteiger partial charge < -0.3 is 9.80 Å². The van der Waals surface area contributed by atoms with Crippen LogP contribution in [0.1, 0.15) is 10.4 Å². The van der Waals surface area contributed by atoms with Gasteiger partial charge in [-0.2, -0.15) is 0 Å². The minimum atomic E-state index is -0.316. The third-order valence-electron chi connectivity index (χ3n) is 4.70. The number of thiophene rings is 1. The Kier molecular flexibility index (Phi) is 9.07. The number of hydrogen-bond donors (Lipinski definition) is 0. The summed E-state index contributed by atoms with van der Waals surface area (Å²) in [6.07, 6.45) is 1.63. The van der Waals surface area contributed by atoms with E-state index in [-0.39, 0.29) is 29.9 Å². The topological polar surface area (TPSA) is 40.6 Å². The molecule has 0 spiro atoms. The maximum absolute atomic E-state index is 13.3. The summed E-state index contributed by atoms with van der Waals surface area (Å²) in [6.45, 7) is 4.76. The summed E-state index contributed by atoms with van der Waals surface area (Å²) in [5.41, 5.74) is 0.831. The van der Waals surface area contributed by atoms with E-state index < -0.39 is 0 Å². The average Bonchev–Trinajstić information content (AvgIpc) is 3.32. The molecular weight excluding hydrogens is 443 g/mol. The number of halogens is 1. The lowest BCUT2D eigenvalue weighted by Crippen LogP contribution is -2.43. The van der Waals surface area contributed by atoms with Crippen molar-refractivity contribution in [3.8, 4) is 0 Å². The zero-order chi connectivity index (χ0) is 22.8. The lowest BCUT2D eigenvalue weighted by molar-refractivity contribution is -0.139. The Balaban J connectivity index is 1.68. The number of nitrogens with zero attached hydrogens (tertiary/aromatic N) is 2. The Bertz CT molecular complexity index is 1010. The molecule has 32 heavy (non-hydrogen) atoms. The molecule has 1 heterocycles. The summed E-state index contributed by atoms with van der Waals surface area (Å²) in [4.78, 5) is 31.3. The van der Waals surface area contributed by atoms with E-state index in [4.69, 9.17) is 0 Å². The lowest BCUT2D eigenvalue weighted by atomic mass is 10.2. The van der Waals surface area contributed by atoms with Crippen LogP contribution in [0.5, 0.6) is 0 Å². The number of carbonyl (C=O) groups is 2. The monoisotopic (exact) mass is 468 g/mol. The number of thioether (sulfide) groups is 1. The summed E-state index contributed by atoms with van der Waals surface area (Å²) >= 11 is 3.01. The summed E-state index contributed by atoms with van der Waals surface area (Å²) in [5, 5.41) is 1.96. The average molecular weight is 469 g/mol. The van der Waals surface area contributed by atoms with Crippen molar-refractivity contribution in [1.29, 1.82) is 0 Å². The van der Waals surface area contributed by atoms with Gasteiger partial charge in [0.2, 0.25) is 11.8 Å². The van der Waals surface area contributed by atoms with Gasteiger partial charge in [-0.1, -0.05) is 42.5 Å². The quantitative estimate of drug-likeness (QED) is 0.286. The van der Waals surface area contributed by atoms with Gasteiger partial charge in [-0.25, -0.2) is 4.39 Å². The van der Waals surface area contributed by atoms with Gasteiger partial charge in [-0.15, -0.1) is 29.7 Å². The van der Waals surface area contributed by atoms with E-state index in [1.807, 2.05) is 47.8 Å². The van der Waals surface area contributed by atoms with Crippen LogP contribution in [0, 0.1) is 5.82 Å². The van der Waals surface area contributed by atoms with Crippen molar-refractivity contribution in [2.75, 3.05) is 18.8 Å². The number of carbonyl (C=O) groups excluding carboxylic acids is 2. The molecule has 0 aliphatic heterocycles. The highest BCUT2D eigenvalue weighted by atomic mass is 32.2. The van der Waals surface area contributed by atoms with Crippen molar-refractivity contribution in [3.63, 3.8) is 0 Å². The second-order valence-electron chi connectivity index (χ2n) is 7.12. The molecule has 2 aromatic carbocycles. The number of amides is 2. The van der Waals surface area contributed by atoms with Crippen LogP contribution in [0.3, 0.4) is 0 Å². The molecule has 0 saturated carbocycles. The first-order valence-electron chi connectivity index (χ1n) is 10.2. The second kappa shape index (κ2) is 12.2. The normalized spacial score (nSPS) is 10.5. The molecule has 0 unspecified atom stereocenters. The van der Waals surface area contributed by atoms with Crippen LogP contribution in [-0.2, 0) is 22.7 Å². The first kappa shape index (κ1) is 23.8. The van der Waals surface area contributed by atoms with Crippen molar-refractivity contribution in [2.45, 2.75) is 18.0 Å². The highest BCUT2D eigenvalue weighted by Gasteiger charge is 2.21. The summed E-state index contributed by atoms with van der Waals surface area (Å²) in [5.74, 6) is -0.357. The number of benzene rings is 2. The molecule has 2 amide bonds. The highest BCUT2D eigenvalue weighted by molar-refractivity contribution is 8.00. The van der Waals surface area contributed by atoms with E-state index in [0.29, 0.717) is 19.6 Å². The molecular formula is C25H25FN2O2S2. The van der Waals surface area contributed by atoms with Crippen LogP contribution in [0.25, 0.3) is 0 Å². The summed E-state index contributed by atoms with van der Waals surface area (Å²) in [6, 6.07) is 19.7. The Morgan fingerprint density at radius 1 is 0.938 bits per heavy atom. The maximum Gasteiger partial charge on any atom is 0.242 e. The van der Waals surface area contributed by atoms with Crippen molar-refractivity contribution >= 4 is 34.9 Å². The SMILES string of the molecule is C=CCN(CC(=O)N(Cc1ccc(F)cc1)Cc1cccs1)C(=O)CSc1ccccc1. The van der Waals surface area contributed by atoms with Crippen LogP contribution < -0.4 is 0 Å². The fraction of sp³-hybridized carbons (Fsp3) is 0.200. The van der Waals surface area contributed by atoms with Gasteiger partial charge in [-0.05, 0) is 41.3 Å². The predicted molar refractivity (Wildman–Crippen MR) is 129 cm³/mol. The molecule has 7 heteroatoms. The molecule has 3 rings (SSSR count). The standard InChI is InChI=1S/C25H25FN2O2S2/c1-2-14-27(25(30)19-32-22-7-4-3-5-8-22)18-24(29)28(17-23-9-6-15-31-23)16-20-10-12-21(26)13-11-20/h2-13,15H,1,14,16-19H2. The Morgan fingerprint density at radius 2 is 1.69 bits per heavy atom. The Morgan fingerprint density at radius 3 is 2.34 bits per heavy atom. The Hall–Kier alpha value is -2.90. The summed E-state index contributed by atoms with van der Waals surface area (Å²) in [7, 11) is 0. The van der Waals surface area contributed by atoms with Crippen LogP contribution >= 0.6 is 23.1 Å². The van der Waals surface area contributed by atoms with Crippen LogP contribution in [0.2, 0.25) is 0 Å². The molecule has 0 atom stereocenters. The fourth-order valence-corrected chi connectivity index (χ4v) is 4.60. The second-order valence-corrected chi connectivity index (χ2v) is 9.20. The minimum Gasteiger partial charge on any atom is -0.332 e. The van der Waals surface area contributed by atoms with Gasteiger partial charge in [0.1, 0.15) is 12.4 Å². The zero-order valence-corrected chi connectivity index (χ0v) is 19.3. The molecule has 0 aliphatic carbocycles. The molecule has 1 aromatic heterocycles. The molecule has 166 valence electrons. The van der Waals surface area contributed by atoms with Gasteiger partial charge in [0.05, 0.1) is 12.3 Å². The third-order valence-corrected chi connectivity index (χ3v) is 6.56. The van der Waals surface area contributed by atoms with E-state index >= 15 is 0 Å². The molecule has 4 nitrogen and oxygen atoms in total. The van der Waals surface area contributed by atoms with Gasteiger partial charge in [-0.3, -0.25) is 9.59 Å². The number of rotatable bonds is 11. The van der Waals surface area contributed by atoms with Gasteiger partial charge in [0, 0.05) is 22.9 Å². The molecule has 3 aromatic rings. The van der Waals surface area contributed by atoms with E-state index in [1.165, 1.54) is 28.8 Å². The first-order chi connectivity index (χ1) is 15.5. The van der Waals surface area contributed by atoms with Gasteiger partial charge >= 0.3 is 0 Å². The van der Waals surface area contributed by atoms with Crippen molar-refractivity contribution in [1.82, 2.24) is 9.80 Å². The van der Waals surface area contributed by atoms with Crippen LogP contribution in [0.15, 0.2) is 89.7 Å². The molecule has 0 aliphatic rings. The van der Waals surface area contributed by atoms with E-state index in [0.717, 1.165) is 15.3 Å². The molecule has 0 radical (unpaired) electrons.